The molecule has 1 fully saturated rings. The van der Waals surface area contributed by atoms with Crippen LogP contribution in [0.4, 0.5) is 16.2 Å². The van der Waals surface area contributed by atoms with Gasteiger partial charge in [0.25, 0.3) is 0 Å². The number of ether oxygens (including phenoxy) is 1. The van der Waals surface area contributed by atoms with Crippen molar-refractivity contribution in [2.75, 3.05) is 24.3 Å². The van der Waals surface area contributed by atoms with Crippen LogP contribution in [0.5, 0.6) is 0 Å². The van der Waals surface area contributed by atoms with Gasteiger partial charge in [-0.3, -0.25) is 5.32 Å². The van der Waals surface area contributed by atoms with Crippen molar-refractivity contribution in [2.24, 2.45) is 5.92 Å². The van der Waals surface area contributed by atoms with E-state index < -0.39 is 6.09 Å². The lowest BCUT2D eigenvalue weighted by atomic mass is 9.85. The van der Waals surface area contributed by atoms with Crippen LogP contribution < -0.4 is 10.6 Å². The molecular formula is C13H18N2O2. The maximum absolute atomic E-state index is 11.0. The Hall–Kier alpha value is -1.71. The first-order valence-corrected chi connectivity index (χ1v) is 5.97. The molecule has 0 aliphatic heterocycles. The average Bonchev–Trinajstić information content (AvgIpc) is 2.29. The quantitative estimate of drug-likeness (QED) is 0.841. The molecule has 1 aliphatic rings. The number of benzene rings is 1. The van der Waals surface area contributed by atoms with E-state index in [2.05, 4.69) is 15.4 Å². The van der Waals surface area contributed by atoms with Gasteiger partial charge in [0.1, 0.15) is 0 Å². The average molecular weight is 234 g/mol. The molecule has 0 radical (unpaired) electrons. The Morgan fingerprint density at radius 3 is 2.47 bits per heavy atom. The molecule has 2 rings (SSSR count). The largest absolute Gasteiger partial charge is 0.453 e. The number of hydrogen-bond donors (Lipinski definition) is 2. The number of anilines is 2. The highest BCUT2D eigenvalue weighted by Gasteiger charge is 2.16. The van der Waals surface area contributed by atoms with Crippen LogP contribution in [0.25, 0.3) is 0 Å². The number of carbonyl (C=O) groups excluding carboxylic acids is 1. The van der Waals surface area contributed by atoms with Crippen molar-refractivity contribution in [1.29, 1.82) is 0 Å². The fourth-order valence-corrected chi connectivity index (χ4v) is 1.80. The third-order valence-corrected chi connectivity index (χ3v) is 3.14. The minimum Gasteiger partial charge on any atom is -0.453 e. The second-order valence-electron chi connectivity index (χ2n) is 4.37. The van der Waals surface area contributed by atoms with Crippen LogP contribution in [-0.4, -0.2) is 19.7 Å². The summed E-state index contributed by atoms with van der Waals surface area (Å²) in [5.41, 5.74) is 1.83. The monoisotopic (exact) mass is 234 g/mol. The minimum absolute atomic E-state index is 0.444. The molecule has 1 aromatic rings. The predicted molar refractivity (Wildman–Crippen MR) is 68.3 cm³/mol. The standard InChI is InChI=1S/C13H18N2O2/c1-17-13(16)15-12-7-5-11(6-8-12)14-9-10-3-2-4-10/h5-8,10,14H,2-4,9H2,1H3,(H,15,16). The van der Waals surface area contributed by atoms with Gasteiger partial charge in [-0.25, -0.2) is 4.79 Å². The highest BCUT2D eigenvalue weighted by molar-refractivity contribution is 5.84. The first-order valence-electron chi connectivity index (χ1n) is 5.97. The van der Waals surface area contributed by atoms with Gasteiger partial charge in [0.05, 0.1) is 7.11 Å². The van der Waals surface area contributed by atoms with E-state index in [1.165, 1.54) is 26.4 Å². The summed E-state index contributed by atoms with van der Waals surface area (Å²) >= 11 is 0. The van der Waals surface area contributed by atoms with Crippen molar-refractivity contribution in [3.05, 3.63) is 24.3 Å². The summed E-state index contributed by atoms with van der Waals surface area (Å²) < 4.78 is 4.52. The van der Waals surface area contributed by atoms with Gasteiger partial charge in [-0.15, -0.1) is 0 Å². The Kier molecular flexibility index (Phi) is 3.85. The third-order valence-electron chi connectivity index (χ3n) is 3.14. The van der Waals surface area contributed by atoms with Gasteiger partial charge in [0.15, 0.2) is 0 Å². The van der Waals surface area contributed by atoms with E-state index in [0.29, 0.717) is 0 Å². The topological polar surface area (TPSA) is 50.4 Å². The van der Waals surface area contributed by atoms with E-state index in [-0.39, 0.29) is 0 Å². The lowest BCUT2D eigenvalue weighted by Crippen LogP contribution is -2.20. The SMILES string of the molecule is COC(=O)Nc1ccc(NCC2CCC2)cc1. The van der Waals surface area contributed by atoms with Crippen molar-refractivity contribution >= 4 is 17.5 Å². The summed E-state index contributed by atoms with van der Waals surface area (Å²) in [6, 6.07) is 7.65. The van der Waals surface area contributed by atoms with Crippen LogP contribution in [0, 0.1) is 5.92 Å². The molecule has 0 atom stereocenters. The zero-order chi connectivity index (χ0) is 12.1. The third kappa shape index (κ3) is 3.37. The molecule has 0 spiro atoms. The summed E-state index contributed by atoms with van der Waals surface area (Å²) in [4.78, 5) is 11.0. The molecule has 1 saturated carbocycles. The molecule has 4 heteroatoms. The van der Waals surface area contributed by atoms with Gasteiger partial charge in [0.2, 0.25) is 0 Å². The van der Waals surface area contributed by atoms with Crippen molar-refractivity contribution in [2.45, 2.75) is 19.3 Å². The first kappa shape index (κ1) is 11.8. The number of methoxy groups -OCH3 is 1. The highest BCUT2D eigenvalue weighted by Crippen LogP contribution is 2.26. The zero-order valence-corrected chi connectivity index (χ0v) is 10.0. The van der Waals surface area contributed by atoms with Gasteiger partial charge in [-0.05, 0) is 43.0 Å². The Morgan fingerprint density at radius 1 is 1.29 bits per heavy atom. The molecule has 0 unspecified atom stereocenters. The van der Waals surface area contributed by atoms with Gasteiger partial charge in [-0.2, -0.15) is 0 Å². The number of hydrogen-bond acceptors (Lipinski definition) is 3. The number of amides is 1. The predicted octanol–water partition coefficient (Wildman–Crippen LogP) is 3.08. The van der Waals surface area contributed by atoms with Crippen molar-refractivity contribution in [3.63, 3.8) is 0 Å². The van der Waals surface area contributed by atoms with E-state index in [1.54, 1.807) is 0 Å². The Balaban J connectivity index is 1.81. The van der Waals surface area contributed by atoms with Crippen molar-refractivity contribution in [3.8, 4) is 0 Å². The molecule has 92 valence electrons. The van der Waals surface area contributed by atoms with Gasteiger partial charge < -0.3 is 10.1 Å². The number of nitrogens with one attached hydrogen (secondary N) is 2. The fourth-order valence-electron chi connectivity index (χ4n) is 1.80. The van der Waals surface area contributed by atoms with Crippen LogP contribution in [0.1, 0.15) is 19.3 Å². The molecule has 1 aromatic carbocycles. The minimum atomic E-state index is -0.444. The highest BCUT2D eigenvalue weighted by atomic mass is 16.5. The van der Waals surface area contributed by atoms with E-state index in [1.807, 2.05) is 24.3 Å². The first-order chi connectivity index (χ1) is 8.28. The van der Waals surface area contributed by atoms with Crippen LogP contribution >= 0.6 is 0 Å². The molecule has 4 nitrogen and oxygen atoms in total. The molecule has 0 heterocycles. The zero-order valence-electron chi connectivity index (χ0n) is 10.0. The Bertz CT molecular complexity index is 372. The normalized spacial score (nSPS) is 14.9. The lowest BCUT2D eigenvalue weighted by Gasteiger charge is -2.25. The Labute approximate surface area is 101 Å². The van der Waals surface area contributed by atoms with Crippen LogP contribution in [0.3, 0.4) is 0 Å². The van der Waals surface area contributed by atoms with Gasteiger partial charge >= 0.3 is 6.09 Å². The Morgan fingerprint density at radius 2 is 1.94 bits per heavy atom. The van der Waals surface area contributed by atoms with Crippen molar-refractivity contribution < 1.29 is 9.53 Å². The van der Waals surface area contributed by atoms with Gasteiger partial charge in [-0.1, -0.05) is 6.42 Å². The summed E-state index contributed by atoms with van der Waals surface area (Å²) in [6.45, 7) is 1.05. The molecule has 0 bridgehead atoms. The smallest absolute Gasteiger partial charge is 0.411 e. The second-order valence-corrected chi connectivity index (χ2v) is 4.37. The van der Waals surface area contributed by atoms with Crippen LogP contribution in [-0.2, 0) is 4.74 Å². The maximum atomic E-state index is 11.0. The molecule has 17 heavy (non-hydrogen) atoms. The summed E-state index contributed by atoms with van der Waals surface area (Å²) in [7, 11) is 1.35. The van der Waals surface area contributed by atoms with Crippen LogP contribution in [0.2, 0.25) is 0 Å². The molecule has 1 aliphatic carbocycles. The second kappa shape index (κ2) is 5.57. The molecule has 0 aromatic heterocycles. The van der Waals surface area contributed by atoms with E-state index >= 15 is 0 Å². The van der Waals surface area contributed by atoms with E-state index in [0.717, 1.165) is 23.8 Å². The van der Waals surface area contributed by atoms with E-state index in [9.17, 15) is 4.79 Å². The molecule has 0 saturated heterocycles. The summed E-state index contributed by atoms with van der Waals surface area (Å²) in [5, 5.41) is 6.01. The molecular weight excluding hydrogens is 216 g/mol. The van der Waals surface area contributed by atoms with E-state index in [4.69, 9.17) is 0 Å². The molecule has 2 N–H and O–H groups in total. The lowest BCUT2D eigenvalue weighted by molar-refractivity contribution is 0.187. The summed E-state index contributed by atoms with van der Waals surface area (Å²) in [6.07, 6.45) is 3.61. The van der Waals surface area contributed by atoms with Gasteiger partial charge in [0, 0.05) is 17.9 Å². The number of rotatable bonds is 4. The maximum Gasteiger partial charge on any atom is 0.411 e. The summed E-state index contributed by atoms with van der Waals surface area (Å²) in [5.74, 6) is 0.836. The molecule has 1 amide bonds. The fraction of sp³-hybridized carbons (Fsp3) is 0.462. The van der Waals surface area contributed by atoms with Crippen LogP contribution in [0.15, 0.2) is 24.3 Å². The van der Waals surface area contributed by atoms with Crippen molar-refractivity contribution in [1.82, 2.24) is 0 Å². The number of carbonyl (C=O) groups is 1.